The van der Waals surface area contributed by atoms with Crippen molar-refractivity contribution in [1.29, 1.82) is 0 Å². The van der Waals surface area contributed by atoms with Gasteiger partial charge in [0.2, 0.25) is 0 Å². The van der Waals surface area contributed by atoms with Gasteiger partial charge in [0, 0.05) is 12.6 Å². The molecule has 2 heteroatoms. The van der Waals surface area contributed by atoms with E-state index in [2.05, 4.69) is 32.6 Å². The Morgan fingerprint density at radius 3 is 2.80 bits per heavy atom. The zero-order valence-corrected chi connectivity index (χ0v) is 10.6. The average molecular weight is 211 g/mol. The molecule has 2 saturated heterocycles. The molecule has 0 amide bonds. The molecule has 0 spiro atoms. The first-order chi connectivity index (χ1) is 7.09. The molecule has 2 heterocycles. The third-order valence-corrected chi connectivity index (χ3v) is 4.15. The summed E-state index contributed by atoms with van der Waals surface area (Å²) in [7, 11) is 0. The van der Waals surface area contributed by atoms with Gasteiger partial charge in [0.05, 0.1) is 0 Å². The molecule has 2 aliphatic heterocycles. The lowest BCUT2D eigenvalue weighted by molar-refractivity contribution is 0.0585. The van der Waals surface area contributed by atoms with Crippen LogP contribution >= 0.6 is 0 Å². The van der Waals surface area contributed by atoms with E-state index in [-0.39, 0.29) is 0 Å². The summed E-state index contributed by atoms with van der Waals surface area (Å²) in [6.07, 6.45) is 6.15. The van der Waals surface area contributed by atoms with Crippen LogP contribution in [-0.4, -0.2) is 29.8 Å². The lowest BCUT2D eigenvalue weighted by atomic mass is 9.78. The minimum Gasteiger partial charge on any atom is -0.353 e. The average Bonchev–Trinajstić information content (AvgIpc) is 2.93. The van der Waals surface area contributed by atoms with E-state index in [0.717, 1.165) is 0 Å². The Morgan fingerprint density at radius 2 is 2.20 bits per heavy atom. The van der Waals surface area contributed by atoms with Gasteiger partial charge in [-0.3, -0.25) is 4.90 Å². The van der Waals surface area contributed by atoms with Crippen LogP contribution in [0.15, 0.2) is 0 Å². The fraction of sp³-hybridized carbons (Fsp3) is 1.00. The van der Waals surface area contributed by atoms with E-state index in [0.29, 0.717) is 23.8 Å². The Balaban J connectivity index is 2.02. The Kier molecular flexibility index (Phi) is 3.09. The summed E-state index contributed by atoms with van der Waals surface area (Å²) in [5, 5.41) is 0. The lowest BCUT2D eigenvalue weighted by Crippen LogP contribution is -2.47. The van der Waals surface area contributed by atoms with E-state index < -0.39 is 0 Å². The largest absolute Gasteiger partial charge is 0.353 e. The molecule has 88 valence electrons. The van der Waals surface area contributed by atoms with Crippen LogP contribution < -0.4 is 0 Å². The van der Waals surface area contributed by atoms with E-state index in [4.69, 9.17) is 4.74 Å². The van der Waals surface area contributed by atoms with Crippen LogP contribution in [0.2, 0.25) is 0 Å². The normalized spacial score (nSPS) is 42.4. The summed E-state index contributed by atoms with van der Waals surface area (Å²) >= 11 is 0. The summed E-state index contributed by atoms with van der Waals surface area (Å²) in [4.78, 5) is 2.59. The first kappa shape index (κ1) is 11.4. The highest BCUT2D eigenvalue weighted by Gasteiger charge is 2.53. The van der Waals surface area contributed by atoms with Crippen LogP contribution in [-0.2, 0) is 4.74 Å². The highest BCUT2D eigenvalue weighted by atomic mass is 16.6. The topological polar surface area (TPSA) is 15.8 Å². The van der Waals surface area contributed by atoms with E-state index in [1.54, 1.807) is 0 Å². The van der Waals surface area contributed by atoms with Gasteiger partial charge in [-0.25, -0.2) is 0 Å². The van der Waals surface area contributed by atoms with Gasteiger partial charge in [-0.1, -0.05) is 27.2 Å². The molecule has 0 N–H and O–H groups in total. The van der Waals surface area contributed by atoms with E-state index in [1.165, 1.54) is 32.2 Å². The van der Waals surface area contributed by atoms with Gasteiger partial charge in [-0.05, 0) is 31.6 Å². The van der Waals surface area contributed by atoms with Crippen LogP contribution in [0.3, 0.4) is 0 Å². The molecular weight excluding hydrogens is 186 g/mol. The van der Waals surface area contributed by atoms with Gasteiger partial charge < -0.3 is 4.74 Å². The fourth-order valence-corrected chi connectivity index (χ4v) is 3.08. The maximum absolute atomic E-state index is 5.78. The second kappa shape index (κ2) is 4.06. The monoisotopic (exact) mass is 211 g/mol. The van der Waals surface area contributed by atoms with Crippen molar-refractivity contribution in [1.82, 2.24) is 4.90 Å². The minimum atomic E-state index is 0.463. The van der Waals surface area contributed by atoms with Crippen LogP contribution in [0, 0.1) is 5.41 Å². The Hall–Kier alpha value is -0.0800. The second-order valence-electron chi connectivity index (χ2n) is 5.76. The van der Waals surface area contributed by atoms with Gasteiger partial charge in [0.15, 0.2) is 0 Å². The predicted octanol–water partition coefficient (Wildman–Crippen LogP) is 3.02. The SMILES string of the molecule is CCC[C@]1(C)CC2OC2N(C(C)CC)C1. The summed E-state index contributed by atoms with van der Waals surface area (Å²) in [6, 6.07) is 0.677. The summed E-state index contributed by atoms with van der Waals surface area (Å²) in [5.74, 6) is 0. The number of piperidine rings is 1. The molecule has 15 heavy (non-hydrogen) atoms. The number of epoxide rings is 1. The van der Waals surface area contributed by atoms with E-state index in [1.807, 2.05) is 0 Å². The van der Waals surface area contributed by atoms with Crippen LogP contribution in [0.25, 0.3) is 0 Å². The molecule has 0 aromatic heterocycles. The van der Waals surface area contributed by atoms with Crippen LogP contribution in [0.4, 0.5) is 0 Å². The Morgan fingerprint density at radius 1 is 1.47 bits per heavy atom. The first-order valence-electron chi connectivity index (χ1n) is 6.51. The van der Waals surface area contributed by atoms with Crippen molar-refractivity contribution >= 4 is 0 Å². The summed E-state index contributed by atoms with van der Waals surface area (Å²) < 4.78 is 5.78. The molecular formula is C13H25NO. The highest BCUT2D eigenvalue weighted by Crippen LogP contribution is 2.46. The molecule has 2 rings (SSSR count). The van der Waals surface area contributed by atoms with Gasteiger partial charge in [0.25, 0.3) is 0 Å². The van der Waals surface area contributed by atoms with Crippen molar-refractivity contribution in [2.24, 2.45) is 5.41 Å². The van der Waals surface area contributed by atoms with Crippen molar-refractivity contribution in [2.45, 2.75) is 71.8 Å². The number of likely N-dealkylation sites (tertiary alicyclic amines) is 1. The molecule has 4 atom stereocenters. The molecule has 0 radical (unpaired) electrons. The number of hydrogen-bond acceptors (Lipinski definition) is 2. The molecule has 0 saturated carbocycles. The van der Waals surface area contributed by atoms with Crippen LogP contribution in [0.1, 0.15) is 53.4 Å². The highest BCUT2D eigenvalue weighted by molar-refractivity contribution is 4.99. The molecule has 3 unspecified atom stereocenters. The lowest BCUT2D eigenvalue weighted by Gasteiger charge is -2.40. The van der Waals surface area contributed by atoms with Crippen molar-refractivity contribution in [3.05, 3.63) is 0 Å². The maximum atomic E-state index is 5.78. The van der Waals surface area contributed by atoms with Crippen LogP contribution in [0.5, 0.6) is 0 Å². The predicted molar refractivity (Wildman–Crippen MR) is 62.8 cm³/mol. The molecule has 2 aliphatic rings. The number of fused-ring (bicyclic) bond motifs is 1. The molecule has 0 bridgehead atoms. The molecule has 2 fully saturated rings. The molecule has 0 aromatic rings. The standard InChI is InChI=1S/C13H25NO/c1-5-7-13(4)8-11-12(15-11)14(9-13)10(3)6-2/h10-12H,5-9H2,1-4H3/t10?,11?,12?,13-/m1/s1. The maximum Gasteiger partial charge on any atom is 0.138 e. The Bertz CT molecular complexity index is 229. The third kappa shape index (κ3) is 2.21. The Labute approximate surface area is 94.0 Å². The molecule has 0 aliphatic carbocycles. The van der Waals surface area contributed by atoms with Crippen molar-refractivity contribution in [3.8, 4) is 0 Å². The van der Waals surface area contributed by atoms with Gasteiger partial charge in [0.1, 0.15) is 12.3 Å². The van der Waals surface area contributed by atoms with Crippen molar-refractivity contribution in [3.63, 3.8) is 0 Å². The smallest absolute Gasteiger partial charge is 0.138 e. The molecule has 0 aromatic carbocycles. The third-order valence-electron chi connectivity index (χ3n) is 4.15. The van der Waals surface area contributed by atoms with Gasteiger partial charge in [-0.2, -0.15) is 0 Å². The minimum absolute atomic E-state index is 0.463. The van der Waals surface area contributed by atoms with Gasteiger partial charge >= 0.3 is 0 Å². The zero-order chi connectivity index (χ0) is 11.1. The van der Waals surface area contributed by atoms with E-state index in [9.17, 15) is 0 Å². The molecule has 2 nitrogen and oxygen atoms in total. The number of rotatable bonds is 4. The number of nitrogens with zero attached hydrogens (tertiary/aromatic N) is 1. The van der Waals surface area contributed by atoms with Crippen molar-refractivity contribution in [2.75, 3.05) is 6.54 Å². The number of ether oxygens (including phenoxy) is 1. The summed E-state index contributed by atoms with van der Waals surface area (Å²) in [6.45, 7) is 10.6. The second-order valence-corrected chi connectivity index (χ2v) is 5.76. The number of hydrogen-bond donors (Lipinski definition) is 0. The van der Waals surface area contributed by atoms with Gasteiger partial charge in [-0.15, -0.1) is 0 Å². The van der Waals surface area contributed by atoms with E-state index >= 15 is 0 Å². The quantitative estimate of drug-likeness (QED) is 0.664. The van der Waals surface area contributed by atoms with Crippen molar-refractivity contribution < 1.29 is 4.74 Å². The zero-order valence-electron chi connectivity index (χ0n) is 10.6. The first-order valence-corrected chi connectivity index (χ1v) is 6.51. The fourth-order valence-electron chi connectivity index (χ4n) is 3.08. The summed E-state index contributed by atoms with van der Waals surface area (Å²) in [5.41, 5.74) is 0.496.